The Morgan fingerprint density at radius 2 is 1.97 bits per heavy atom. The summed E-state index contributed by atoms with van der Waals surface area (Å²) in [6.07, 6.45) is 6.22. The van der Waals surface area contributed by atoms with Crippen molar-refractivity contribution in [2.24, 2.45) is 5.92 Å². The van der Waals surface area contributed by atoms with Gasteiger partial charge in [-0.15, -0.1) is 0 Å². The van der Waals surface area contributed by atoms with E-state index < -0.39 is 5.79 Å². The molecule has 2 fully saturated rings. The van der Waals surface area contributed by atoms with E-state index in [1.54, 1.807) is 19.2 Å². The van der Waals surface area contributed by atoms with E-state index in [1.165, 1.54) is 25.7 Å². The molecule has 3 atom stereocenters. The predicted octanol–water partition coefficient (Wildman–Crippen LogP) is 5.31. The van der Waals surface area contributed by atoms with Crippen LogP contribution in [0.5, 0.6) is 17.2 Å². The van der Waals surface area contributed by atoms with Gasteiger partial charge in [-0.05, 0) is 49.4 Å². The van der Waals surface area contributed by atoms with E-state index in [0.717, 1.165) is 23.0 Å². The number of para-hydroxylation sites is 1. The van der Waals surface area contributed by atoms with E-state index >= 15 is 0 Å². The van der Waals surface area contributed by atoms with Crippen molar-refractivity contribution in [1.82, 2.24) is 15.2 Å². The number of nitrogens with one attached hydrogen (secondary N) is 1. The first kappa shape index (κ1) is 24.0. The van der Waals surface area contributed by atoms with E-state index in [1.807, 2.05) is 43.0 Å². The highest BCUT2D eigenvalue weighted by molar-refractivity contribution is 5.96. The lowest BCUT2D eigenvalue weighted by atomic mass is 9.85. The molecular weight excluding hydrogens is 466 g/mol. The van der Waals surface area contributed by atoms with Gasteiger partial charge in [0.25, 0.3) is 5.91 Å². The van der Waals surface area contributed by atoms with Crippen molar-refractivity contribution in [2.75, 3.05) is 13.7 Å². The summed E-state index contributed by atoms with van der Waals surface area (Å²) in [6.45, 7) is 4.75. The summed E-state index contributed by atoms with van der Waals surface area (Å²) in [6, 6.07) is 16.5. The molecule has 0 radical (unpaired) electrons. The second-order valence-electron chi connectivity index (χ2n) is 11.0. The van der Waals surface area contributed by atoms with Gasteiger partial charge >= 0.3 is 0 Å². The highest BCUT2D eigenvalue weighted by atomic mass is 16.7. The van der Waals surface area contributed by atoms with Gasteiger partial charge in [-0.3, -0.25) is 9.78 Å². The van der Waals surface area contributed by atoms with Gasteiger partial charge < -0.3 is 24.4 Å². The van der Waals surface area contributed by atoms with Crippen molar-refractivity contribution in [3.63, 3.8) is 0 Å². The first-order valence-electron chi connectivity index (χ1n) is 13.4. The Bertz CT molecular complexity index is 1310. The van der Waals surface area contributed by atoms with Gasteiger partial charge in [0.05, 0.1) is 24.9 Å². The van der Waals surface area contributed by atoms with Crippen LogP contribution < -0.4 is 19.5 Å². The minimum Gasteiger partial charge on any atom is -0.493 e. The molecule has 3 aromatic rings. The first-order chi connectivity index (χ1) is 17.9. The molecule has 37 heavy (non-hydrogen) atoms. The number of aromatic nitrogens is 1. The number of carbonyl (C=O) groups is 1. The number of ether oxygens (including phenoxy) is 3. The fraction of sp³-hybridized carbons (Fsp3) is 0.467. The van der Waals surface area contributed by atoms with Crippen LogP contribution in [0.4, 0.5) is 0 Å². The number of hydrogen-bond acceptors (Lipinski definition) is 6. The smallest absolute Gasteiger partial charge is 0.254 e. The SMILES string of the molecule is COc1cc(C(=O)N(Cc2ccc3ccccc3n2)C[C@@H]2C[C@@H]3CCCC[C@@H]3N2)cc2c1OC(C)(C)O2. The number of pyridine rings is 1. The molecule has 6 rings (SSSR count). The summed E-state index contributed by atoms with van der Waals surface area (Å²) in [5.74, 6) is 1.40. The molecule has 1 N–H and O–H groups in total. The van der Waals surface area contributed by atoms with Crippen molar-refractivity contribution >= 4 is 16.8 Å². The van der Waals surface area contributed by atoms with Crippen LogP contribution >= 0.6 is 0 Å². The molecule has 3 heterocycles. The lowest BCUT2D eigenvalue weighted by molar-refractivity contribution is -0.0439. The van der Waals surface area contributed by atoms with Crippen molar-refractivity contribution in [3.8, 4) is 17.2 Å². The van der Waals surface area contributed by atoms with E-state index in [2.05, 4.69) is 17.4 Å². The maximum absolute atomic E-state index is 14.1. The third-order valence-corrected chi connectivity index (χ3v) is 7.87. The third kappa shape index (κ3) is 4.85. The number of benzene rings is 2. The number of methoxy groups -OCH3 is 1. The van der Waals surface area contributed by atoms with Crippen LogP contribution in [-0.4, -0.2) is 47.3 Å². The van der Waals surface area contributed by atoms with Gasteiger partial charge in [0.15, 0.2) is 11.5 Å². The first-order valence-corrected chi connectivity index (χ1v) is 13.4. The number of rotatable bonds is 6. The standard InChI is InChI=1S/C30H35N3O4/c1-30(2)36-27-16-21(15-26(35-3)28(27)37-30)29(34)33(18-23-14-20-9-5-7-11-25(20)32-23)17-22-13-12-19-8-4-6-10-24(19)31-22/h4,6,8,10,12-13,15-16,20,23,25,32H,5,7,9,11,14,17-18H2,1-3H3/t20-,23-,25-/m0/s1. The highest BCUT2D eigenvalue weighted by Crippen LogP contribution is 2.47. The zero-order chi connectivity index (χ0) is 25.6. The Hall–Kier alpha value is -3.32. The van der Waals surface area contributed by atoms with Crippen LogP contribution in [0.1, 0.15) is 62.0 Å². The molecular formula is C30H35N3O4. The van der Waals surface area contributed by atoms with Crippen LogP contribution in [0, 0.1) is 5.92 Å². The van der Waals surface area contributed by atoms with Crippen molar-refractivity contribution in [1.29, 1.82) is 0 Å². The number of nitrogens with zero attached hydrogens (tertiary/aromatic N) is 2. The van der Waals surface area contributed by atoms with Gasteiger partial charge in [0.1, 0.15) is 0 Å². The maximum Gasteiger partial charge on any atom is 0.254 e. The molecule has 1 saturated heterocycles. The molecule has 2 aromatic carbocycles. The van der Waals surface area contributed by atoms with Gasteiger partial charge in [0, 0.05) is 43.4 Å². The molecule has 0 unspecified atom stereocenters. The fourth-order valence-electron chi connectivity index (χ4n) is 6.19. The molecule has 1 amide bonds. The lowest BCUT2D eigenvalue weighted by Crippen LogP contribution is -2.43. The average Bonchev–Trinajstić information content (AvgIpc) is 3.45. The molecule has 1 aliphatic carbocycles. The summed E-state index contributed by atoms with van der Waals surface area (Å²) in [4.78, 5) is 20.9. The highest BCUT2D eigenvalue weighted by Gasteiger charge is 2.38. The number of carbonyl (C=O) groups excluding carboxylic acids is 1. The normalized spacial score (nSPS) is 23.6. The van der Waals surface area contributed by atoms with Crippen LogP contribution in [0.3, 0.4) is 0 Å². The summed E-state index contributed by atoms with van der Waals surface area (Å²) >= 11 is 0. The predicted molar refractivity (Wildman–Crippen MR) is 142 cm³/mol. The van der Waals surface area contributed by atoms with Crippen molar-refractivity contribution in [3.05, 3.63) is 59.8 Å². The van der Waals surface area contributed by atoms with Crippen LogP contribution in [-0.2, 0) is 6.54 Å². The molecule has 0 spiro atoms. The topological polar surface area (TPSA) is 72.9 Å². The molecule has 2 aliphatic heterocycles. The zero-order valence-electron chi connectivity index (χ0n) is 21.8. The molecule has 1 aromatic heterocycles. The quantitative estimate of drug-likeness (QED) is 0.493. The molecule has 1 saturated carbocycles. The fourth-order valence-corrected chi connectivity index (χ4v) is 6.19. The number of fused-ring (bicyclic) bond motifs is 3. The van der Waals surface area contributed by atoms with Crippen LogP contribution in [0.25, 0.3) is 10.9 Å². The second kappa shape index (κ2) is 9.53. The van der Waals surface area contributed by atoms with E-state index in [4.69, 9.17) is 19.2 Å². The van der Waals surface area contributed by atoms with Crippen LogP contribution in [0.2, 0.25) is 0 Å². The zero-order valence-corrected chi connectivity index (χ0v) is 21.8. The summed E-state index contributed by atoms with van der Waals surface area (Å²) in [5.41, 5.74) is 2.33. The Morgan fingerprint density at radius 3 is 2.81 bits per heavy atom. The average molecular weight is 502 g/mol. The number of amides is 1. The third-order valence-electron chi connectivity index (χ3n) is 7.87. The monoisotopic (exact) mass is 501 g/mol. The van der Waals surface area contributed by atoms with Gasteiger partial charge in [-0.2, -0.15) is 0 Å². The second-order valence-corrected chi connectivity index (χ2v) is 11.0. The van der Waals surface area contributed by atoms with E-state index in [0.29, 0.717) is 47.9 Å². The van der Waals surface area contributed by atoms with E-state index in [9.17, 15) is 4.79 Å². The Kier molecular flexibility index (Phi) is 6.19. The van der Waals surface area contributed by atoms with Gasteiger partial charge in [-0.1, -0.05) is 37.1 Å². The summed E-state index contributed by atoms with van der Waals surface area (Å²) in [5, 5.41) is 4.93. The lowest BCUT2D eigenvalue weighted by Gasteiger charge is -2.27. The van der Waals surface area contributed by atoms with Crippen molar-refractivity contribution < 1.29 is 19.0 Å². The Labute approximate surface area is 218 Å². The number of hydrogen-bond donors (Lipinski definition) is 1. The minimum atomic E-state index is -0.809. The van der Waals surface area contributed by atoms with Crippen LogP contribution in [0.15, 0.2) is 48.5 Å². The summed E-state index contributed by atoms with van der Waals surface area (Å²) < 4.78 is 17.5. The van der Waals surface area contributed by atoms with Crippen molar-refractivity contribution in [2.45, 2.75) is 70.4 Å². The van der Waals surface area contributed by atoms with Gasteiger partial charge in [0.2, 0.25) is 11.5 Å². The van der Waals surface area contributed by atoms with E-state index in [-0.39, 0.29) is 11.9 Å². The molecule has 3 aliphatic rings. The maximum atomic E-state index is 14.1. The summed E-state index contributed by atoms with van der Waals surface area (Å²) in [7, 11) is 1.58. The van der Waals surface area contributed by atoms with Gasteiger partial charge in [-0.25, -0.2) is 0 Å². The molecule has 194 valence electrons. The Morgan fingerprint density at radius 1 is 1.14 bits per heavy atom. The minimum absolute atomic E-state index is 0.0685. The molecule has 7 heteroatoms. The molecule has 7 nitrogen and oxygen atoms in total. The Balaban J connectivity index is 1.30. The largest absolute Gasteiger partial charge is 0.493 e. The molecule has 0 bridgehead atoms.